The van der Waals surface area contributed by atoms with Crippen molar-refractivity contribution in [3.63, 3.8) is 0 Å². The summed E-state index contributed by atoms with van der Waals surface area (Å²) in [6, 6.07) is 7.51. The minimum Gasteiger partial charge on any atom is -0.351 e. The molecule has 3 heteroatoms. The van der Waals surface area contributed by atoms with Gasteiger partial charge in [-0.05, 0) is 6.07 Å². The third kappa shape index (κ3) is 1.28. The number of aromatic nitrogens is 2. The number of benzene rings is 1. The van der Waals surface area contributed by atoms with E-state index >= 15 is 0 Å². The fourth-order valence-electron chi connectivity index (χ4n) is 0.980. The van der Waals surface area contributed by atoms with Crippen molar-refractivity contribution in [1.82, 2.24) is 9.97 Å². The SMILES string of the molecule is [2H]c1nc(-c2ccccc2Br)c([2H])[nH]1. The molecule has 2 rings (SSSR count). The second kappa shape index (κ2) is 3.11. The maximum absolute atomic E-state index is 7.57. The van der Waals surface area contributed by atoms with Crippen LogP contribution in [0.3, 0.4) is 0 Å². The van der Waals surface area contributed by atoms with E-state index in [9.17, 15) is 0 Å². The lowest BCUT2D eigenvalue weighted by atomic mass is 10.2. The molecule has 1 aromatic carbocycles. The third-order valence-corrected chi connectivity index (χ3v) is 2.22. The Labute approximate surface area is 81.6 Å². The lowest BCUT2D eigenvalue weighted by Gasteiger charge is -1.98. The maximum Gasteiger partial charge on any atom is 0.104 e. The van der Waals surface area contributed by atoms with Crippen molar-refractivity contribution >= 4 is 15.9 Å². The summed E-state index contributed by atoms with van der Waals surface area (Å²) >= 11 is 3.38. The molecule has 0 aliphatic carbocycles. The smallest absolute Gasteiger partial charge is 0.104 e. The van der Waals surface area contributed by atoms with E-state index in [1.54, 1.807) is 0 Å². The molecule has 60 valence electrons. The van der Waals surface area contributed by atoms with E-state index in [2.05, 4.69) is 25.9 Å². The van der Waals surface area contributed by atoms with Crippen LogP contribution in [-0.4, -0.2) is 9.97 Å². The van der Waals surface area contributed by atoms with Crippen LogP contribution in [0.2, 0.25) is 0 Å². The molecule has 1 heterocycles. The molecule has 0 saturated heterocycles. The van der Waals surface area contributed by atoms with Crippen molar-refractivity contribution < 1.29 is 2.74 Å². The van der Waals surface area contributed by atoms with Gasteiger partial charge in [0.1, 0.15) is 1.37 Å². The zero-order valence-electron chi connectivity index (χ0n) is 8.13. The molecule has 1 N–H and O–H groups in total. The molecule has 0 bridgehead atoms. The van der Waals surface area contributed by atoms with Crippen LogP contribution in [0.1, 0.15) is 2.74 Å². The predicted molar refractivity (Wildman–Crippen MR) is 51.7 cm³/mol. The van der Waals surface area contributed by atoms with Gasteiger partial charge < -0.3 is 4.98 Å². The van der Waals surface area contributed by atoms with Gasteiger partial charge in [-0.1, -0.05) is 34.1 Å². The van der Waals surface area contributed by atoms with Gasteiger partial charge in [0, 0.05) is 16.2 Å². The van der Waals surface area contributed by atoms with Crippen LogP contribution in [0.25, 0.3) is 11.3 Å². The van der Waals surface area contributed by atoms with E-state index < -0.39 is 0 Å². The van der Waals surface area contributed by atoms with E-state index in [1.165, 1.54) is 0 Å². The van der Waals surface area contributed by atoms with E-state index in [0.717, 1.165) is 10.0 Å². The average molecular weight is 225 g/mol. The molecule has 0 aliphatic rings. The van der Waals surface area contributed by atoms with Gasteiger partial charge in [-0.15, -0.1) is 0 Å². The van der Waals surface area contributed by atoms with Crippen molar-refractivity contribution in [2.75, 3.05) is 0 Å². The van der Waals surface area contributed by atoms with Crippen LogP contribution in [0, 0.1) is 0 Å². The number of rotatable bonds is 1. The first-order valence-electron chi connectivity index (χ1n) is 4.46. The van der Waals surface area contributed by atoms with E-state index in [-0.39, 0.29) is 12.5 Å². The molecule has 0 saturated carbocycles. The van der Waals surface area contributed by atoms with Crippen molar-refractivity contribution in [3.05, 3.63) is 41.2 Å². The van der Waals surface area contributed by atoms with Crippen LogP contribution < -0.4 is 0 Å². The van der Waals surface area contributed by atoms with Crippen molar-refractivity contribution in [2.45, 2.75) is 0 Å². The molecule has 2 nitrogen and oxygen atoms in total. The minimum atomic E-state index is 0.0146. The number of nitrogens with one attached hydrogen (secondary N) is 1. The van der Waals surface area contributed by atoms with Crippen LogP contribution in [0.15, 0.2) is 41.2 Å². The number of aromatic amines is 1. The molecular formula is C9H7BrN2. The van der Waals surface area contributed by atoms with Crippen molar-refractivity contribution in [1.29, 1.82) is 0 Å². The summed E-state index contributed by atoms with van der Waals surface area (Å²) in [5.74, 6) is 0. The Morgan fingerprint density at radius 3 is 2.92 bits per heavy atom. The molecule has 0 aliphatic heterocycles. The van der Waals surface area contributed by atoms with E-state index in [0.29, 0.717) is 5.69 Å². The predicted octanol–water partition coefficient (Wildman–Crippen LogP) is 2.84. The topological polar surface area (TPSA) is 28.7 Å². The Kier molecular flexibility index (Phi) is 1.43. The minimum absolute atomic E-state index is 0.0146. The molecule has 2 aromatic rings. The lowest BCUT2D eigenvalue weighted by molar-refractivity contribution is 1.31. The van der Waals surface area contributed by atoms with Crippen molar-refractivity contribution in [3.8, 4) is 11.3 Å². The van der Waals surface area contributed by atoms with Crippen molar-refractivity contribution in [2.24, 2.45) is 0 Å². The highest BCUT2D eigenvalue weighted by Crippen LogP contribution is 2.25. The highest BCUT2D eigenvalue weighted by molar-refractivity contribution is 9.10. The first-order valence-corrected chi connectivity index (χ1v) is 4.26. The monoisotopic (exact) mass is 224 g/mol. The summed E-state index contributed by atoms with van der Waals surface area (Å²) in [6.45, 7) is 0. The first kappa shape index (κ1) is 5.54. The van der Waals surface area contributed by atoms with Gasteiger partial charge in [0.25, 0.3) is 0 Å². The zero-order chi connectivity index (χ0) is 10.1. The second-order valence-electron chi connectivity index (χ2n) is 2.30. The summed E-state index contributed by atoms with van der Waals surface area (Å²) in [4.78, 5) is 6.47. The first-order chi connectivity index (χ1) is 6.68. The van der Waals surface area contributed by atoms with Gasteiger partial charge in [0.2, 0.25) is 0 Å². The van der Waals surface area contributed by atoms with Gasteiger partial charge in [-0.2, -0.15) is 0 Å². The normalized spacial score (nSPS) is 12.4. The second-order valence-corrected chi connectivity index (χ2v) is 3.16. The summed E-state index contributed by atoms with van der Waals surface area (Å²) in [6.07, 6.45) is 0.183. The Balaban J connectivity index is 2.60. The van der Waals surface area contributed by atoms with Gasteiger partial charge in [-0.3, -0.25) is 0 Å². The molecule has 1 aromatic heterocycles. The van der Waals surface area contributed by atoms with Gasteiger partial charge in [-0.25, -0.2) is 4.98 Å². The zero-order valence-corrected chi connectivity index (χ0v) is 7.72. The highest BCUT2D eigenvalue weighted by Gasteiger charge is 2.01. The molecule has 0 amide bonds. The van der Waals surface area contributed by atoms with Crippen LogP contribution >= 0.6 is 15.9 Å². The molecule has 0 fully saturated rings. The van der Waals surface area contributed by atoms with E-state index in [4.69, 9.17) is 2.74 Å². The molecule has 0 atom stereocenters. The molecule has 12 heavy (non-hydrogen) atoms. The number of hydrogen-bond acceptors (Lipinski definition) is 1. The van der Waals surface area contributed by atoms with Crippen LogP contribution in [-0.2, 0) is 0 Å². The molecular weight excluding hydrogens is 216 g/mol. The highest BCUT2D eigenvalue weighted by atomic mass is 79.9. The average Bonchev–Trinajstić information content (AvgIpc) is 2.46. The van der Waals surface area contributed by atoms with Gasteiger partial charge in [0.15, 0.2) is 0 Å². The molecule has 0 spiro atoms. The lowest BCUT2D eigenvalue weighted by Crippen LogP contribution is -1.77. The Hall–Kier alpha value is -1.09. The third-order valence-electron chi connectivity index (χ3n) is 1.53. The molecule has 0 unspecified atom stereocenters. The van der Waals surface area contributed by atoms with Gasteiger partial charge in [0.05, 0.1) is 13.4 Å². The Morgan fingerprint density at radius 2 is 2.25 bits per heavy atom. The Bertz CT molecular complexity index is 468. The fraction of sp³-hybridized carbons (Fsp3) is 0. The number of halogens is 1. The van der Waals surface area contributed by atoms with E-state index in [1.807, 2.05) is 24.3 Å². The van der Waals surface area contributed by atoms with Crippen LogP contribution in [0.5, 0.6) is 0 Å². The molecule has 0 radical (unpaired) electrons. The number of hydrogen-bond donors (Lipinski definition) is 1. The Morgan fingerprint density at radius 1 is 1.42 bits per heavy atom. The fourth-order valence-corrected chi connectivity index (χ4v) is 1.45. The summed E-state index contributed by atoms with van der Waals surface area (Å²) in [5.41, 5.74) is 1.33. The quantitative estimate of drug-likeness (QED) is 0.794. The van der Waals surface area contributed by atoms with Gasteiger partial charge >= 0.3 is 0 Å². The largest absolute Gasteiger partial charge is 0.351 e. The summed E-state index contributed by atoms with van der Waals surface area (Å²) in [7, 11) is 0. The summed E-state index contributed by atoms with van der Waals surface area (Å²) < 4.78 is 15.7. The van der Waals surface area contributed by atoms with Crippen LogP contribution in [0.4, 0.5) is 0 Å². The number of nitrogens with zero attached hydrogens (tertiary/aromatic N) is 1. The number of H-pyrrole nitrogens is 1. The standard InChI is InChI=1S/C9H7BrN2/c10-8-4-2-1-3-7(8)9-5-11-6-12-9/h1-6H,(H,11,12)/i5D,6D. The summed E-state index contributed by atoms with van der Waals surface area (Å²) in [5, 5.41) is 0. The maximum atomic E-state index is 7.57. The number of imidazole rings is 1.